The molecule has 3 heterocycles. The van der Waals surface area contributed by atoms with Gasteiger partial charge in [-0.15, -0.1) is 10.2 Å². The van der Waals surface area contributed by atoms with Crippen LogP contribution in [0, 0.1) is 0 Å². The third-order valence-corrected chi connectivity index (χ3v) is 5.57. The molecule has 3 aromatic rings. The Kier molecular flexibility index (Phi) is 4.44. The number of ether oxygens (including phenoxy) is 1. The number of nitrogens with zero attached hydrogens (tertiary/aromatic N) is 4. The van der Waals surface area contributed by atoms with Crippen LogP contribution in [-0.2, 0) is 30.9 Å². The average Bonchev–Trinajstić information content (AvgIpc) is 3.29. The quantitative estimate of drug-likeness (QED) is 0.742. The van der Waals surface area contributed by atoms with E-state index in [0.29, 0.717) is 26.2 Å². The van der Waals surface area contributed by atoms with Gasteiger partial charge in [0.05, 0.1) is 32.3 Å². The lowest BCUT2D eigenvalue weighted by molar-refractivity contribution is -0.0439. The van der Waals surface area contributed by atoms with Crippen LogP contribution in [0.3, 0.4) is 0 Å². The van der Waals surface area contributed by atoms with E-state index in [-0.39, 0.29) is 12.1 Å². The Hall–Kier alpha value is -2.93. The molecule has 0 bridgehead atoms. The van der Waals surface area contributed by atoms with E-state index in [2.05, 4.69) is 50.4 Å². The number of rotatable bonds is 5. The Morgan fingerprint density at radius 1 is 1.14 bits per heavy atom. The summed E-state index contributed by atoms with van der Waals surface area (Å²) >= 11 is 0. The number of hydrogen-bond acceptors (Lipinski definition) is 4. The zero-order valence-corrected chi connectivity index (χ0v) is 15.7. The maximum absolute atomic E-state index is 12.3. The lowest BCUT2D eigenvalue weighted by Crippen LogP contribution is -2.57. The van der Waals surface area contributed by atoms with Gasteiger partial charge in [-0.05, 0) is 22.8 Å². The Balaban J connectivity index is 1.10. The van der Waals surface area contributed by atoms with E-state index in [1.807, 2.05) is 12.1 Å². The summed E-state index contributed by atoms with van der Waals surface area (Å²) < 4.78 is 8.12. The Morgan fingerprint density at radius 3 is 2.93 bits per heavy atom. The number of nitrogens with one attached hydrogen (secondary N) is 1. The lowest BCUT2D eigenvalue weighted by Gasteiger charge is -2.38. The van der Waals surface area contributed by atoms with Crippen LogP contribution in [0.15, 0.2) is 42.5 Å². The third-order valence-electron chi connectivity index (χ3n) is 5.57. The molecule has 0 unspecified atom stereocenters. The van der Waals surface area contributed by atoms with Crippen molar-refractivity contribution in [3.05, 3.63) is 59.7 Å². The van der Waals surface area contributed by atoms with E-state index in [1.165, 1.54) is 16.3 Å². The van der Waals surface area contributed by atoms with Crippen LogP contribution in [0.25, 0.3) is 10.8 Å². The number of fused-ring (bicyclic) bond motifs is 2. The first-order chi connectivity index (χ1) is 13.8. The maximum Gasteiger partial charge on any atom is 0.317 e. The predicted molar refractivity (Wildman–Crippen MR) is 105 cm³/mol. The highest BCUT2D eigenvalue weighted by molar-refractivity contribution is 5.85. The van der Waals surface area contributed by atoms with E-state index in [4.69, 9.17) is 4.74 Å². The van der Waals surface area contributed by atoms with Gasteiger partial charge in [0.15, 0.2) is 5.82 Å². The summed E-state index contributed by atoms with van der Waals surface area (Å²) in [5.41, 5.74) is 1.18. The maximum atomic E-state index is 12.3. The fourth-order valence-electron chi connectivity index (χ4n) is 3.94. The lowest BCUT2D eigenvalue weighted by atomic mass is 10.1. The largest absolute Gasteiger partial charge is 0.370 e. The van der Waals surface area contributed by atoms with Crippen molar-refractivity contribution in [2.75, 3.05) is 13.1 Å². The van der Waals surface area contributed by atoms with Gasteiger partial charge in [-0.3, -0.25) is 0 Å². The van der Waals surface area contributed by atoms with Gasteiger partial charge >= 0.3 is 6.03 Å². The minimum Gasteiger partial charge on any atom is -0.370 e. The monoisotopic (exact) mass is 377 g/mol. The zero-order chi connectivity index (χ0) is 18.9. The molecule has 0 atom stereocenters. The van der Waals surface area contributed by atoms with E-state index >= 15 is 0 Å². The Morgan fingerprint density at radius 2 is 2.00 bits per heavy atom. The van der Waals surface area contributed by atoms with E-state index in [1.54, 1.807) is 4.90 Å². The molecular weight excluding hydrogens is 354 g/mol. The van der Waals surface area contributed by atoms with Crippen LogP contribution >= 0.6 is 0 Å². The first-order valence-electron chi connectivity index (χ1n) is 9.80. The SMILES string of the molecule is O=C(NCc1nnc2n1CCC2)N1CC(OCc2cccc3ccccc23)C1. The average molecular weight is 377 g/mol. The minimum atomic E-state index is -0.0691. The summed E-state index contributed by atoms with van der Waals surface area (Å²) in [5, 5.41) is 13.7. The van der Waals surface area contributed by atoms with Crippen molar-refractivity contribution in [2.24, 2.45) is 0 Å². The molecule has 28 heavy (non-hydrogen) atoms. The fraction of sp³-hybridized carbons (Fsp3) is 0.381. The molecule has 2 amide bonds. The van der Waals surface area contributed by atoms with Crippen LogP contribution < -0.4 is 5.32 Å². The summed E-state index contributed by atoms with van der Waals surface area (Å²) in [6.45, 7) is 3.17. The van der Waals surface area contributed by atoms with Crippen molar-refractivity contribution in [3.8, 4) is 0 Å². The van der Waals surface area contributed by atoms with Crippen molar-refractivity contribution in [2.45, 2.75) is 38.6 Å². The number of hydrogen-bond donors (Lipinski definition) is 1. The summed E-state index contributed by atoms with van der Waals surface area (Å²) in [4.78, 5) is 14.1. The summed E-state index contributed by atoms with van der Waals surface area (Å²) in [5.74, 6) is 1.86. The molecule has 0 aliphatic carbocycles. The van der Waals surface area contributed by atoms with Crippen molar-refractivity contribution < 1.29 is 9.53 Å². The zero-order valence-electron chi connectivity index (χ0n) is 15.7. The van der Waals surface area contributed by atoms with Crippen molar-refractivity contribution >= 4 is 16.8 Å². The number of carbonyl (C=O) groups excluding carboxylic acids is 1. The Bertz CT molecular complexity index is 1000. The van der Waals surface area contributed by atoms with Gasteiger partial charge in [-0.25, -0.2) is 4.79 Å². The number of aryl methyl sites for hydroxylation is 1. The van der Waals surface area contributed by atoms with Crippen LogP contribution in [-0.4, -0.2) is 44.9 Å². The molecule has 2 aromatic carbocycles. The van der Waals surface area contributed by atoms with Gasteiger partial charge in [0, 0.05) is 13.0 Å². The first kappa shape index (κ1) is 17.2. The van der Waals surface area contributed by atoms with Crippen LogP contribution in [0.1, 0.15) is 23.6 Å². The van der Waals surface area contributed by atoms with Gasteiger partial charge in [-0.2, -0.15) is 0 Å². The normalized spacial score (nSPS) is 16.2. The molecular formula is C21H23N5O2. The molecule has 5 rings (SSSR count). The molecule has 7 nitrogen and oxygen atoms in total. The van der Waals surface area contributed by atoms with Gasteiger partial charge in [0.1, 0.15) is 5.82 Å². The number of aromatic nitrogens is 3. The Labute approximate surface area is 163 Å². The molecule has 1 N–H and O–H groups in total. The molecule has 0 saturated carbocycles. The van der Waals surface area contributed by atoms with Gasteiger partial charge in [0.2, 0.25) is 0 Å². The molecule has 144 valence electrons. The molecule has 7 heteroatoms. The van der Waals surface area contributed by atoms with Crippen LogP contribution in [0.4, 0.5) is 4.79 Å². The summed E-state index contributed by atoms with van der Waals surface area (Å²) in [6.07, 6.45) is 2.17. The third kappa shape index (κ3) is 3.22. The molecule has 1 fully saturated rings. The number of amides is 2. The molecule has 1 aromatic heterocycles. The van der Waals surface area contributed by atoms with E-state index in [0.717, 1.165) is 31.0 Å². The number of benzene rings is 2. The summed E-state index contributed by atoms with van der Waals surface area (Å²) in [7, 11) is 0. The number of likely N-dealkylation sites (tertiary alicyclic amines) is 1. The van der Waals surface area contributed by atoms with E-state index < -0.39 is 0 Å². The molecule has 0 spiro atoms. The smallest absolute Gasteiger partial charge is 0.317 e. The highest BCUT2D eigenvalue weighted by Gasteiger charge is 2.31. The van der Waals surface area contributed by atoms with Crippen LogP contribution in [0.2, 0.25) is 0 Å². The highest BCUT2D eigenvalue weighted by Crippen LogP contribution is 2.21. The van der Waals surface area contributed by atoms with Crippen molar-refractivity contribution in [1.82, 2.24) is 25.0 Å². The van der Waals surface area contributed by atoms with Gasteiger partial charge < -0.3 is 19.5 Å². The molecule has 1 saturated heterocycles. The van der Waals surface area contributed by atoms with E-state index in [9.17, 15) is 4.79 Å². The standard InChI is InChI=1S/C21H23N5O2/c27-21(22-11-20-24-23-19-9-4-10-26(19)20)25-12-17(13-25)28-14-16-7-3-6-15-5-1-2-8-18(15)16/h1-3,5-8,17H,4,9-14H2,(H,22,27). The number of carbonyl (C=O) groups is 1. The molecule has 2 aliphatic heterocycles. The van der Waals surface area contributed by atoms with Crippen molar-refractivity contribution in [3.63, 3.8) is 0 Å². The predicted octanol–water partition coefficient (Wildman–Crippen LogP) is 2.49. The minimum absolute atomic E-state index is 0.0691. The number of urea groups is 1. The second kappa shape index (κ2) is 7.24. The molecule has 2 aliphatic rings. The van der Waals surface area contributed by atoms with Gasteiger partial charge in [-0.1, -0.05) is 42.5 Å². The van der Waals surface area contributed by atoms with Crippen molar-refractivity contribution in [1.29, 1.82) is 0 Å². The molecule has 0 radical (unpaired) electrons. The second-order valence-corrected chi connectivity index (χ2v) is 7.42. The highest BCUT2D eigenvalue weighted by atomic mass is 16.5. The summed E-state index contributed by atoms with van der Waals surface area (Å²) in [6, 6.07) is 14.5. The van der Waals surface area contributed by atoms with Crippen LogP contribution in [0.5, 0.6) is 0 Å². The first-order valence-corrected chi connectivity index (χ1v) is 9.80. The topological polar surface area (TPSA) is 72.3 Å². The van der Waals surface area contributed by atoms with Gasteiger partial charge in [0.25, 0.3) is 0 Å². The fourth-order valence-corrected chi connectivity index (χ4v) is 3.94. The second-order valence-electron chi connectivity index (χ2n) is 7.42.